The van der Waals surface area contributed by atoms with E-state index in [1.54, 1.807) is 35.4 Å². The molecular formula is C19H20N4O2S2. The van der Waals surface area contributed by atoms with E-state index in [1.165, 1.54) is 16.2 Å². The Morgan fingerprint density at radius 3 is 2.85 bits per heavy atom. The molecule has 0 unspecified atom stereocenters. The van der Waals surface area contributed by atoms with Crippen molar-refractivity contribution in [3.05, 3.63) is 57.9 Å². The van der Waals surface area contributed by atoms with Crippen molar-refractivity contribution in [2.45, 2.75) is 13.8 Å². The van der Waals surface area contributed by atoms with E-state index in [2.05, 4.69) is 16.9 Å². The van der Waals surface area contributed by atoms with E-state index >= 15 is 0 Å². The van der Waals surface area contributed by atoms with Gasteiger partial charge in [0, 0.05) is 19.3 Å². The van der Waals surface area contributed by atoms with E-state index in [1.807, 2.05) is 19.9 Å². The fourth-order valence-corrected chi connectivity index (χ4v) is 3.95. The fraction of sp³-hybridized carbons (Fsp3) is 0.263. The van der Waals surface area contributed by atoms with Crippen LogP contribution in [0.25, 0.3) is 11.7 Å². The maximum Gasteiger partial charge on any atom is 0.267 e. The average molecular weight is 401 g/mol. The van der Waals surface area contributed by atoms with Crippen molar-refractivity contribution in [3.8, 4) is 0 Å². The number of aromatic nitrogens is 2. The third-order valence-corrected chi connectivity index (χ3v) is 5.26. The Morgan fingerprint density at radius 1 is 1.37 bits per heavy atom. The minimum absolute atomic E-state index is 0.175. The standard InChI is InChI=1S/C19H20N4O2S2/c1-4-8-20-16-13(17(24)22-9-6-5-7-15(22)21-16)10-14-18(25)23(11-12(2)3)19(26)27-14/h4-7,9-10,12,20H,1,8,11H2,2-3H3. The van der Waals surface area contributed by atoms with E-state index in [4.69, 9.17) is 12.2 Å². The maximum atomic E-state index is 13.0. The van der Waals surface area contributed by atoms with Gasteiger partial charge in [-0.2, -0.15) is 0 Å². The first kappa shape index (κ1) is 19.3. The SMILES string of the molecule is C=CCNc1nc2ccccn2c(=O)c1C=C1SC(=S)N(CC(C)C)C1=O. The van der Waals surface area contributed by atoms with Crippen LogP contribution in [0.1, 0.15) is 19.4 Å². The molecule has 6 nitrogen and oxygen atoms in total. The van der Waals surface area contributed by atoms with Crippen LogP contribution >= 0.6 is 24.0 Å². The van der Waals surface area contributed by atoms with Crippen LogP contribution in [-0.2, 0) is 4.79 Å². The predicted molar refractivity (Wildman–Crippen MR) is 115 cm³/mol. The van der Waals surface area contributed by atoms with Crippen LogP contribution in [0.5, 0.6) is 0 Å². The second-order valence-corrected chi connectivity index (χ2v) is 8.14. The average Bonchev–Trinajstić information content (AvgIpc) is 2.89. The van der Waals surface area contributed by atoms with Gasteiger partial charge in [-0.25, -0.2) is 4.98 Å². The summed E-state index contributed by atoms with van der Waals surface area (Å²) in [4.78, 5) is 32.3. The van der Waals surface area contributed by atoms with Gasteiger partial charge in [0.15, 0.2) is 0 Å². The molecule has 2 aromatic rings. The molecule has 1 amide bonds. The highest BCUT2D eigenvalue weighted by Crippen LogP contribution is 2.33. The molecule has 0 radical (unpaired) electrons. The topological polar surface area (TPSA) is 66.7 Å². The van der Waals surface area contributed by atoms with Crippen molar-refractivity contribution in [1.29, 1.82) is 0 Å². The van der Waals surface area contributed by atoms with Crippen LogP contribution in [0, 0.1) is 5.92 Å². The van der Waals surface area contributed by atoms with E-state index in [-0.39, 0.29) is 11.5 Å². The first-order valence-corrected chi connectivity index (χ1v) is 9.76. The second kappa shape index (κ2) is 8.06. The van der Waals surface area contributed by atoms with Crippen LogP contribution in [-0.4, -0.2) is 37.6 Å². The summed E-state index contributed by atoms with van der Waals surface area (Å²) in [6.07, 6.45) is 4.92. The van der Waals surface area contributed by atoms with Gasteiger partial charge in [-0.15, -0.1) is 6.58 Å². The number of fused-ring (bicyclic) bond motifs is 1. The lowest BCUT2D eigenvalue weighted by molar-refractivity contribution is -0.122. The monoisotopic (exact) mass is 400 g/mol. The molecule has 1 fully saturated rings. The number of thiocarbonyl (C=S) groups is 1. The number of thioether (sulfide) groups is 1. The smallest absolute Gasteiger partial charge is 0.267 e. The molecule has 3 rings (SSSR count). The highest BCUT2D eigenvalue weighted by atomic mass is 32.2. The molecule has 0 spiro atoms. The summed E-state index contributed by atoms with van der Waals surface area (Å²) in [5, 5.41) is 3.09. The van der Waals surface area contributed by atoms with Gasteiger partial charge in [0.05, 0.1) is 10.5 Å². The Labute approximate surface area is 167 Å². The van der Waals surface area contributed by atoms with Gasteiger partial charge in [0.1, 0.15) is 15.8 Å². The van der Waals surface area contributed by atoms with E-state index in [0.717, 1.165) is 0 Å². The van der Waals surface area contributed by atoms with Crippen molar-refractivity contribution in [2.24, 2.45) is 5.92 Å². The number of carbonyl (C=O) groups excluding carboxylic acids is 1. The Morgan fingerprint density at radius 2 is 2.15 bits per heavy atom. The lowest BCUT2D eigenvalue weighted by Gasteiger charge is -2.16. The summed E-state index contributed by atoms with van der Waals surface area (Å²) in [5.41, 5.74) is 0.602. The molecule has 3 heterocycles. The van der Waals surface area contributed by atoms with Crippen LogP contribution < -0.4 is 10.9 Å². The molecule has 2 aromatic heterocycles. The minimum atomic E-state index is -0.249. The number of hydrogen-bond donors (Lipinski definition) is 1. The number of hydrogen-bond acceptors (Lipinski definition) is 6. The lowest BCUT2D eigenvalue weighted by Crippen LogP contribution is -2.31. The van der Waals surface area contributed by atoms with Gasteiger partial charge >= 0.3 is 0 Å². The Kier molecular flexibility index (Phi) is 5.76. The molecule has 27 heavy (non-hydrogen) atoms. The van der Waals surface area contributed by atoms with Crippen molar-refractivity contribution >= 4 is 51.7 Å². The van der Waals surface area contributed by atoms with Gasteiger partial charge in [0.25, 0.3) is 11.5 Å². The van der Waals surface area contributed by atoms with Gasteiger partial charge in [-0.1, -0.05) is 50.0 Å². The zero-order valence-electron chi connectivity index (χ0n) is 15.1. The van der Waals surface area contributed by atoms with E-state index < -0.39 is 0 Å². The molecule has 140 valence electrons. The summed E-state index contributed by atoms with van der Waals surface area (Å²) >= 11 is 6.55. The molecule has 1 N–H and O–H groups in total. The largest absolute Gasteiger partial charge is 0.366 e. The highest BCUT2D eigenvalue weighted by molar-refractivity contribution is 8.26. The molecule has 0 atom stereocenters. The van der Waals surface area contributed by atoms with Gasteiger partial charge in [-0.05, 0) is 24.1 Å². The summed E-state index contributed by atoms with van der Waals surface area (Å²) < 4.78 is 1.97. The first-order valence-electron chi connectivity index (χ1n) is 8.54. The van der Waals surface area contributed by atoms with Crippen molar-refractivity contribution < 1.29 is 4.79 Å². The van der Waals surface area contributed by atoms with Crippen LogP contribution in [0.2, 0.25) is 0 Å². The molecule has 1 aliphatic rings. The van der Waals surface area contributed by atoms with E-state index in [9.17, 15) is 9.59 Å². The molecule has 0 bridgehead atoms. The van der Waals surface area contributed by atoms with Crippen LogP contribution in [0.3, 0.4) is 0 Å². The molecule has 0 aliphatic carbocycles. The Balaban J connectivity index is 2.10. The van der Waals surface area contributed by atoms with Crippen molar-refractivity contribution in [3.63, 3.8) is 0 Å². The lowest BCUT2D eigenvalue weighted by atomic mass is 10.2. The van der Waals surface area contributed by atoms with Crippen LogP contribution in [0.15, 0.2) is 46.8 Å². The Hall–Kier alpha value is -2.45. The van der Waals surface area contributed by atoms with Crippen LogP contribution in [0.4, 0.5) is 5.82 Å². The number of pyridine rings is 1. The number of rotatable bonds is 6. The third kappa shape index (κ3) is 3.96. The summed E-state index contributed by atoms with van der Waals surface area (Å²) in [6, 6.07) is 5.33. The zero-order valence-corrected chi connectivity index (χ0v) is 16.8. The minimum Gasteiger partial charge on any atom is -0.366 e. The van der Waals surface area contributed by atoms with Gasteiger partial charge in [-0.3, -0.25) is 18.9 Å². The van der Waals surface area contributed by atoms with E-state index in [0.29, 0.717) is 45.3 Å². The summed E-state index contributed by atoms with van der Waals surface area (Å²) in [7, 11) is 0. The molecule has 0 aromatic carbocycles. The summed E-state index contributed by atoms with van der Waals surface area (Å²) in [6.45, 7) is 8.74. The van der Waals surface area contributed by atoms with Crippen molar-refractivity contribution in [2.75, 3.05) is 18.4 Å². The van der Waals surface area contributed by atoms with Gasteiger partial charge < -0.3 is 5.32 Å². The zero-order chi connectivity index (χ0) is 19.6. The maximum absolute atomic E-state index is 13.0. The molecule has 8 heteroatoms. The van der Waals surface area contributed by atoms with Gasteiger partial charge in [0.2, 0.25) is 0 Å². The molecule has 1 aliphatic heterocycles. The number of nitrogens with one attached hydrogen (secondary N) is 1. The van der Waals surface area contributed by atoms with Crippen molar-refractivity contribution in [1.82, 2.24) is 14.3 Å². The summed E-state index contributed by atoms with van der Waals surface area (Å²) in [5.74, 6) is 0.538. The number of nitrogens with zero attached hydrogens (tertiary/aromatic N) is 3. The third-order valence-electron chi connectivity index (χ3n) is 3.88. The number of carbonyl (C=O) groups is 1. The second-order valence-electron chi connectivity index (χ2n) is 6.46. The number of anilines is 1. The normalized spacial score (nSPS) is 16.0. The molecule has 0 saturated carbocycles. The molecular weight excluding hydrogens is 380 g/mol. The number of amides is 1. The first-order chi connectivity index (χ1) is 12.9. The fourth-order valence-electron chi connectivity index (χ4n) is 2.69. The quantitative estimate of drug-likeness (QED) is 0.456. The highest BCUT2D eigenvalue weighted by Gasteiger charge is 2.32. The Bertz CT molecular complexity index is 1010. The predicted octanol–water partition coefficient (Wildman–Crippen LogP) is 3.15. The molecule has 1 saturated heterocycles.